The average Bonchev–Trinajstić information content (AvgIpc) is 2.51. The van der Waals surface area contributed by atoms with Gasteiger partial charge in [-0.2, -0.15) is 0 Å². The summed E-state index contributed by atoms with van der Waals surface area (Å²) in [5, 5.41) is 5.59. The van der Waals surface area contributed by atoms with E-state index in [0.29, 0.717) is 6.42 Å². The second-order valence-electron chi connectivity index (χ2n) is 4.11. The highest BCUT2D eigenvalue weighted by Crippen LogP contribution is 1.97. The molecule has 0 radical (unpaired) electrons. The first-order chi connectivity index (χ1) is 9.65. The van der Waals surface area contributed by atoms with Gasteiger partial charge in [0.05, 0.1) is 12.6 Å². The van der Waals surface area contributed by atoms with E-state index in [2.05, 4.69) is 17.6 Å². The van der Waals surface area contributed by atoms with E-state index in [1.807, 2.05) is 27.8 Å². The highest BCUT2D eigenvalue weighted by atomic mass is 16.2. The van der Waals surface area contributed by atoms with Gasteiger partial charge in [-0.15, -0.1) is 0 Å². The van der Waals surface area contributed by atoms with Crippen LogP contribution in [0.3, 0.4) is 0 Å². The lowest BCUT2D eigenvalue weighted by atomic mass is 10.1. The number of aldehydes is 1. The van der Waals surface area contributed by atoms with Crippen molar-refractivity contribution in [2.24, 2.45) is 5.73 Å². The van der Waals surface area contributed by atoms with Crippen LogP contribution in [0.25, 0.3) is 0 Å². The first-order valence-corrected chi connectivity index (χ1v) is 7.75. The number of unbranched alkanes of at least 4 members (excludes halogenated alkanes) is 2. The summed E-state index contributed by atoms with van der Waals surface area (Å²) in [6.45, 7) is 9.33. The van der Waals surface area contributed by atoms with Gasteiger partial charge in [0.25, 0.3) is 0 Å². The Morgan fingerprint density at radius 1 is 1.20 bits per heavy atom. The molecule has 0 fully saturated rings. The average molecular weight is 289 g/mol. The molecule has 0 saturated heterocycles. The van der Waals surface area contributed by atoms with Crippen LogP contribution in [0.2, 0.25) is 0 Å². The number of nitrogens with one attached hydrogen (secondary N) is 2. The quantitative estimate of drug-likeness (QED) is 0.447. The fraction of sp³-hybridized carbons (Fsp3) is 0.867. The van der Waals surface area contributed by atoms with Crippen molar-refractivity contribution in [3.8, 4) is 0 Å². The summed E-state index contributed by atoms with van der Waals surface area (Å²) in [7, 11) is 1.98. The molecule has 0 aromatic rings. The number of amides is 1. The fourth-order valence-electron chi connectivity index (χ4n) is 1.22. The van der Waals surface area contributed by atoms with Crippen LogP contribution >= 0.6 is 0 Å². The zero-order chi connectivity index (χ0) is 16.2. The molecule has 1 amide bonds. The molecule has 0 aliphatic heterocycles. The van der Waals surface area contributed by atoms with Crippen molar-refractivity contribution in [3.63, 3.8) is 0 Å². The predicted molar refractivity (Wildman–Crippen MR) is 86.8 cm³/mol. The molecule has 4 N–H and O–H groups in total. The van der Waals surface area contributed by atoms with E-state index >= 15 is 0 Å². The zero-order valence-corrected chi connectivity index (χ0v) is 14.0. The number of carbonyl (C=O) groups excluding carboxylic acids is 2. The van der Waals surface area contributed by atoms with Gasteiger partial charge < -0.3 is 21.2 Å². The van der Waals surface area contributed by atoms with Crippen LogP contribution in [-0.2, 0) is 9.59 Å². The molecule has 0 aromatic carbocycles. The topological polar surface area (TPSA) is 84.2 Å². The third kappa shape index (κ3) is 22.3. The zero-order valence-electron chi connectivity index (χ0n) is 14.0. The van der Waals surface area contributed by atoms with Gasteiger partial charge in [-0.3, -0.25) is 4.79 Å². The van der Waals surface area contributed by atoms with Crippen LogP contribution in [0.4, 0.5) is 0 Å². The summed E-state index contributed by atoms with van der Waals surface area (Å²) < 4.78 is 0. The largest absolute Gasteiger partial charge is 0.345 e. The SMILES string of the molecule is CC.CCCCC(C=O)NC(=O)CN.CCCCNC. The fourth-order valence-corrected chi connectivity index (χ4v) is 1.22. The Kier molecular flexibility index (Phi) is 27.9. The number of carbonyl (C=O) groups is 2. The van der Waals surface area contributed by atoms with E-state index in [-0.39, 0.29) is 18.5 Å². The predicted octanol–water partition coefficient (Wildman–Crippen LogP) is 1.85. The summed E-state index contributed by atoms with van der Waals surface area (Å²) in [6.07, 6.45) is 6.00. The summed E-state index contributed by atoms with van der Waals surface area (Å²) in [6, 6.07) is -0.360. The Hall–Kier alpha value is -0.940. The highest BCUT2D eigenvalue weighted by molar-refractivity contribution is 5.81. The molecule has 5 heteroatoms. The van der Waals surface area contributed by atoms with Gasteiger partial charge >= 0.3 is 0 Å². The standard InChI is InChI=1S/C8H16N2O2.C5H13N.C2H6/c1-2-3-4-7(6-11)10-8(12)5-9;1-3-4-5-6-2;1-2/h6-7H,2-5,9H2,1H3,(H,10,12);6H,3-5H2,1-2H3;1-2H3. The molecule has 0 aliphatic carbocycles. The Labute approximate surface area is 125 Å². The molecule has 20 heavy (non-hydrogen) atoms. The third-order valence-corrected chi connectivity index (χ3v) is 2.35. The van der Waals surface area contributed by atoms with Gasteiger partial charge in [0.15, 0.2) is 0 Å². The van der Waals surface area contributed by atoms with Crippen molar-refractivity contribution < 1.29 is 9.59 Å². The molecule has 0 rings (SSSR count). The summed E-state index contributed by atoms with van der Waals surface area (Å²) in [5.74, 6) is -0.275. The van der Waals surface area contributed by atoms with Crippen molar-refractivity contribution in [2.75, 3.05) is 20.1 Å². The smallest absolute Gasteiger partial charge is 0.234 e. The minimum Gasteiger partial charge on any atom is -0.345 e. The monoisotopic (exact) mass is 289 g/mol. The maximum Gasteiger partial charge on any atom is 0.234 e. The molecule has 122 valence electrons. The van der Waals surface area contributed by atoms with Crippen molar-refractivity contribution in [1.82, 2.24) is 10.6 Å². The molecule has 1 unspecified atom stereocenters. The van der Waals surface area contributed by atoms with E-state index in [1.54, 1.807) is 0 Å². The number of hydrogen-bond acceptors (Lipinski definition) is 4. The lowest BCUT2D eigenvalue weighted by Crippen LogP contribution is -2.39. The van der Waals surface area contributed by atoms with E-state index in [0.717, 1.165) is 25.7 Å². The van der Waals surface area contributed by atoms with Crippen LogP contribution < -0.4 is 16.4 Å². The minimum absolute atomic E-state index is 0.0591. The van der Waals surface area contributed by atoms with Gasteiger partial charge in [-0.25, -0.2) is 0 Å². The van der Waals surface area contributed by atoms with Gasteiger partial charge in [0.2, 0.25) is 5.91 Å². The highest BCUT2D eigenvalue weighted by Gasteiger charge is 2.08. The van der Waals surface area contributed by atoms with Gasteiger partial charge in [-0.1, -0.05) is 47.0 Å². The molecule has 0 aliphatic rings. The van der Waals surface area contributed by atoms with Crippen LogP contribution in [0.1, 0.15) is 59.8 Å². The molecule has 0 spiro atoms. The molecule has 0 bridgehead atoms. The van der Waals surface area contributed by atoms with E-state index in [9.17, 15) is 9.59 Å². The van der Waals surface area contributed by atoms with Crippen molar-refractivity contribution in [3.05, 3.63) is 0 Å². The van der Waals surface area contributed by atoms with E-state index in [4.69, 9.17) is 5.73 Å². The van der Waals surface area contributed by atoms with Crippen molar-refractivity contribution in [2.45, 2.75) is 65.8 Å². The van der Waals surface area contributed by atoms with Crippen LogP contribution in [0, 0.1) is 0 Å². The molecule has 1 atom stereocenters. The Balaban J connectivity index is -0.000000304. The molecule has 0 heterocycles. The molecular formula is C15H35N3O2. The third-order valence-electron chi connectivity index (χ3n) is 2.35. The van der Waals surface area contributed by atoms with E-state index < -0.39 is 0 Å². The minimum atomic E-state index is -0.360. The molecule has 0 aromatic heterocycles. The Morgan fingerprint density at radius 3 is 2.05 bits per heavy atom. The van der Waals surface area contributed by atoms with Gasteiger partial charge in [0, 0.05) is 0 Å². The number of hydrogen-bond donors (Lipinski definition) is 3. The van der Waals surface area contributed by atoms with Crippen molar-refractivity contribution >= 4 is 12.2 Å². The number of nitrogens with two attached hydrogens (primary N) is 1. The lowest BCUT2D eigenvalue weighted by Gasteiger charge is -2.10. The number of rotatable bonds is 9. The Bertz CT molecular complexity index is 196. The summed E-state index contributed by atoms with van der Waals surface area (Å²) in [4.78, 5) is 21.2. The first-order valence-electron chi connectivity index (χ1n) is 7.75. The van der Waals surface area contributed by atoms with Gasteiger partial charge in [0.1, 0.15) is 6.29 Å². The van der Waals surface area contributed by atoms with Crippen LogP contribution in [0.5, 0.6) is 0 Å². The molecular weight excluding hydrogens is 254 g/mol. The first kappa shape index (κ1) is 24.1. The molecule has 0 saturated carbocycles. The normalized spacial score (nSPS) is 10.3. The second-order valence-corrected chi connectivity index (χ2v) is 4.11. The van der Waals surface area contributed by atoms with Crippen LogP contribution in [-0.4, -0.2) is 38.4 Å². The second kappa shape index (κ2) is 23.2. The summed E-state index contributed by atoms with van der Waals surface area (Å²) >= 11 is 0. The maximum absolute atomic E-state index is 10.7. The lowest BCUT2D eigenvalue weighted by molar-refractivity contribution is -0.122. The van der Waals surface area contributed by atoms with Crippen molar-refractivity contribution in [1.29, 1.82) is 0 Å². The molecule has 5 nitrogen and oxygen atoms in total. The van der Waals surface area contributed by atoms with E-state index in [1.165, 1.54) is 12.8 Å². The Morgan fingerprint density at radius 2 is 1.75 bits per heavy atom. The van der Waals surface area contributed by atoms with Crippen LogP contribution in [0.15, 0.2) is 0 Å². The van der Waals surface area contributed by atoms with Gasteiger partial charge in [-0.05, 0) is 26.4 Å². The summed E-state index contributed by atoms with van der Waals surface area (Å²) in [5.41, 5.74) is 5.08. The maximum atomic E-state index is 10.7.